The molecule has 0 amide bonds. The fraction of sp³-hybridized carbons (Fsp3) is 0.688. The smallest absolute Gasteiger partial charge is 0.357 e. The Morgan fingerprint density at radius 2 is 1.93 bits per heavy atom. The van der Waals surface area contributed by atoms with Gasteiger partial charge in [-0.1, -0.05) is 27.7 Å². The first-order valence-corrected chi connectivity index (χ1v) is 11.5. The average molecular weight is 509 g/mol. The van der Waals surface area contributed by atoms with Crippen LogP contribution in [0.15, 0.2) is 6.33 Å². The van der Waals surface area contributed by atoms with E-state index in [1.807, 2.05) is 4.57 Å². The number of hydrogen-bond donors (Lipinski definition) is 3. The molecule has 150 valence electrons. The molecule has 0 atom stereocenters. The largest absolute Gasteiger partial charge is 0.368 e. The molecule has 11 heteroatoms. The maximum absolute atomic E-state index is 12.5. The molecule has 0 aromatic carbocycles. The molecule has 0 radical (unpaired) electrons. The van der Waals surface area contributed by atoms with Crippen LogP contribution < -0.4 is 5.73 Å². The zero-order valence-electron chi connectivity index (χ0n) is 15.8. The Hall–Kier alpha value is -0.810. The minimum absolute atomic E-state index is 0.161. The van der Waals surface area contributed by atoms with Gasteiger partial charge in [0.2, 0.25) is 5.95 Å². The topological polar surface area (TPSA) is 136 Å². The third-order valence-corrected chi connectivity index (χ3v) is 7.98. The molecule has 0 bridgehead atoms. The number of nitrogen functional groups attached to an aromatic ring is 1. The Bertz CT molecular complexity index is 898. The second kappa shape index (κ2) is 6.91. The molecule has 1 saturated carbocycles. The van der Waals surface area contributed by atoms with Crippen LogP contribution in [0.1, 0.15) is 40.5 Å². The number of ether oxygens (including phenoxy) is 1. The van der Waals surface area contributed by atoms with E-state index < -0.39 is 18.5 Å². The van der Waals surface area contributed by atoms with Crippen LogP contribution in [0.3, 0.4) is 0 Å². The van der Waals surface area contributed by atoms with E-state index in [4.69, 9.17) is 10.5 Å². The quantitative estimate of drug-likeness (QED) is 0.295. The highest BCUT2D eigenvalue weighted by atomic mass is 127. The van der Waals surface area contributed by atoms with Gasteiger partial charge in [-0.15, -0.1) is 0 Å². The summed E-state index contributed by atoms with van der Waals surface area (Å²) in [4.78, 5) is 33.1. The molecular formula is C16H25IN5O4P. The SMILES string of the molecule is CC(C)C(OC1(Cn2cnc3c(I)nc(N)nc32)CC1)(C(C)C)P(=O)(O)O. The Labute approximate surface area is 171 Å². The van der Waals surface area contributed by atoms with Crippen LogP contribution in [0, 0.1) is 15.5 Å². The monoisotopic (exact) mass is 509 g/mol. The lowest BCUT2D eigenvalue weighted by atomic mass is 9.94. The van der Waals surface area contributed by atoms with Crippen LogP contribution in [0.5, 0.6) is 0 Å². The lowest BCUT2D eigenvalue weighted by Gasteiger charge is -2.43. The van der Waals surface area contributed by atoms with Gasteiger partial charge in [-0.3, -0.25) is 4.57 Å². The van der Waals surface area contributed by atoms with Crippen LogP contribution in [0.25, 0.3) is 11.2 Å². The van der Waals surface area contributed by atoms with E-state index in [9.17, 15) is 14.4 Å². The minimum atomic E-state index is -4.52. The molecule has 0 unspecified atom stereocenters. The molecule has 2 aromatic heterocycles. The lowest BCUT2D eigenvalue weighted by Crippen LogP contribution is -2.47. The van der Waals surface area contributed by atoms with Crippen LogP contribution in [-0.2, 0) is 15.8 Å². The van der Waals surface area contributed by atoms with Crippen molar-refractivity contribution in [1.29, 1.82) is 0 Å². The van der Waals surface area contributed by atoms with Gasteiger partial charge in [0, 0.05) is 0 Å². The molecule has 2 heterocycles. The van der Waals surface area contributed by atoms with Gasteiger partial charge in [-0.05, 0) is 47.3 Å². The standard InChI is InChI=1S/C16H25IN5O4P/c1-9(2)16(10(3)4,27(23,24)25)26-15(5-6-15)7-22-8-19-11-12(17)20-14(18)21-13(11)22/h8-10H,5-7H2,1-4H3,(H2,18,20,21)(H2,23,24,25). The fourth-order valence-electron chi connectivity index (χ4n) is 3.76. The van der Waals surface area contributed by atoms with Crippen LogP contribution in [0.4, 0.5) is 5.95 Å². The van der Waals surface area contributed by atoms with Gasteiger partial charge in [-0.25, -0.2) is 9.97 Å². The molecule has 3 rings (SSSR count). The number of hydrogen-bond acceptors (Lipinski definition) is 6. The first-order chi connectivity index (χ1) is 12.4. The van der Waals surface area contributed by atoms with Gasteiger partial charge in [0.25, 0.3) is 0 Å². The Kier molecular flexibility index (Phi) is 5.35. The van der Waals surface area contributed by atoms with Crippen molar-refractivity contribution >= 4 is 47.3 Å². The molecule has 0 spiro atoms. The number of aromatic nitrogens is 4. The summed E-state index contributed by atoms with van der Waals surface area (Å²) in [6.45, 7) is 7.56. The number of anilines is 1. The van der Waals surface area contributed by atoms with Crippen molar-refractivity contribution in [3.63, 3.8) is 0 Å². The van der Waals surface area contributed by atoms with Crippen molar-refractivity contribution in [3.8, 4) is 0 Å². The second-order valence-corrected chi connectivity index (χ2v) is 10.6. The van der Waals surface area contributed by atoms with Crippen molar-refractivity contribution < 1.29 is 19.1 Å². The van der Waals surface area contributed by atoms with E-state index in [1.54, 1.807) is 34.0 Å². The number of halogens is 1. The molecule has 4 N–H and O–H groups in total. The molecular weight excluding hydrogens is 484 g/mol. The summed E-state index contributed by atoms with van der Waals surface area (Å²) in [7, 11) is -4.52. The summed E-state index contributed by atoms with van der Waals surface area (Å²) in [6, 6.07) is 0. The van der Waals surface area contributed by atoms with Gasteiger partial charge in [0.15, 0.2) is 11.0 Å². The van der Waals surface area contributed by atoms with Gasteiger partial charge >= 0.3 is 7.60 Å². The number of imidazole rings is 1. The normalized spacial score (nSPS) is 17.2. The van der Waals surface area contributed by atoms with E-state index in [2.05, 4.69) is 37.5 Å². The minimum Gasteiger partial charge on any atom is -0.368 e. The van der Waals surface area contributed by atoms with E-state index in [0.29, 0.717) is 34.3 Å². The molecule has 2 aromatic rings. The van der Waals surface area contributed by atoms with E-state index in [-0.39, 0.29) is 17.8 Å². The first-order valence-electron chi connectivity index (χ1n) is 8.81. The average Bonchev–Trinajstić information content (AvgIpc) is 3.16. The van der Waals surface area contributed by atoms with Crippen molar-refractivity contribution in [2.75, 3.05) is 5.73 Å². The summed E-state index contributed by atoms with van der Waals surface area (Å²) in [6.07, 6.45) is 3.07. The van der Waals surface area contributed by atoms with Crippen molar-refractivity contribution in [2.45, 2.75) is 58.0 Å². The highest BCUT2D eigenvalue weighted by molar-refractivity contribution is 14.1. The summed E-state index contributed by atoms with van der Waals surface area (Å²) in [5, 5.41) is -1.54. The van der Waals surface area contributed by atoms with Crippen molar-refractivity contribution in [3.05, 3.63) is 10.0 Å². The molecule has 0 saturated heterocycles. The Morgan fingerprint density at radius 1 is 1.33 bits per heavy atom. The summed E-state index contributed by atoms with van der Waals surface area (Å²) in [5.74, 6) is -0.545. The van der Waals surface area contributed by atoms with E-state index in [1.165, 1.54) is 0 Å². The van der Waals surface area contributed by atoms with Crippen LogP contribution in [0.2, 0.25) is 0 Å². The van der Waals surface area contributed by atoms with E-state index >= 15 is 0 Å². The van der Waals surface area contributed by atoms with E-state index in [0.717, 1.165) is 0 Å². The van der Waals surface area contributed by atoms with Crippen LogP contribution >= 0.6 is 30.2 Å². The summed E-state index contributed by atoms with van der Waals surface area (Å²) >= 11 is 2.06. The van der Waals surface area contributed by atoms with Crippen molar-refractivity contribution in [1.82, 2.24) is 19.5 Å². The number of fused-ring (bicyclic) bond motifs is 1. The third kappa shape index (κ3) is 3.62. The zero-order valence-corrected chi connectivity index (χ0v) is 18.8. The molecule has 1 fully saturated rings. The predicted molar refractivity (Wildman–Crippen MR) is 110 cm³/mol. The molecule has 27 heavy (non-hydrogen) atoms. The highest BCUT2D eigenvalue weighted by Gasteiger charge is 2.60. The molecule has 1 aliphatic rings. The predicted octanol–water partition coefficient (Wildman–Crippen LogP) is 2.75. The lowest BCUT2D eigenvalue weighted by molar-refractivity contribution is -0.123. The first kappa shape index (κ1) is 20.9. The number of rotatable bonds is 7. The maximum atomic E-state index is 12.5. The Morgan fingerprint density at radius 3 is 2.41 bits per heavy atom. The number of nitrogens with zero attached hydrogens (tertiary/aromatic N) is 4. The van der Waals surface area contributed by atoms with Gasteiger partial charge < -0.3 is 24.8 Å². The van der Waals surface area contributed by atoms with Crippen LogP contribution in [-0.4, -0.2) is 40.2 Å². The zero-order chi connectivity index (χ0) is 20.2. The molecule has 1 aliphatic carbocycles. The summed E-state index contributed by atoms with van der Waals surface area (Å²) < 4.78 is 21.3. The molecule has 0 aliphatic heterocycles. The van der Waals surface area contributed by atoms with Gasteiger partial charge in [-0.2, -0.15) is 4.98 Å². The van der Waals surface area contributed by atoms with Crippen molar-refractivity contribution in [2.24, 2.45) is 11.8 Å². The summed E-state index contributed by atoms with van der Waals surface area (Å²) in [5.41, 5.74) is 6.35. The molecule has 9 nitrogen and oxygen atoms in total. The second-order valence-electron chi connectivity index (χ2n) is 7.81. The fourth-order valence-corrected chi connectivity index (χ4v) is 6.05. The number of nitrogens with two attached hydrogens (primary N) is 1. The highest BCUT2D eigenvalue weighted by Crippen LogP contribution is 2.63. The van der Waals surface area contributed by atoms with Gasteiger partial charge in [0.1, 0.15) is 9.22 Å². The van der Waals surface area contributed by atoms with Gasteiger partial charge in [0.05, 0.1) is 18.5 Å². The maximum Gasteiger partial charge on any atom is 0.357 e. The third-order valence-electron chi connectivity index (χ3n) is 5.19. The Balaban J connectivity index is 1.97.